The summed E-state index contributed by atoms with van der Waals surface area (Å²) >= 11 is 0. The van der Waals surface area contributed by atoms with Crippen molar-refractivity contribution in [3.8, 4) is 5.75 Å². The molecule has 2 atom stereocenters. The lowest BCUT2D eigenvalue weighted by atomic mass is 10.1. The van der Waals surface area contributed by atoms with Crippen LogP contribution < -0.4 is 10.2 Å². The fraction of sp³-hybridized carbons (Fsp3) is 0.300. The molecule has 1 aliphatic heterocycles. The van der Waals surface area contributed by atoms with Crippen LogP contribution in [0.3, 0.4) is 0 Å². The predicted octanol–water partition coefficient (Wildman–Crippen LogP) is 1.65. The lowest BCUT2D eigenvalue weighted by molar-refractivity contribution is -0.136. The number of carbonyl (C=O) groups is 2. The summed E-state index contributed by atoms with van der Waals surface area (Å²) in [5.41, 5.74) is 2.14. The Morgan fingerprint density at radius 2 is 1.75 bits per heavy atom. The van der Waals surface area contributed by atoms with Crippen LogP contribution in [0.15, 0.2) is 53.4 Å². The number of hydroxylamine groups is 1. The molecule has 2 amide bonds. The number of nitrogens with zero attached hydrogens (tertiary/aromatic N) is 2. The molecule has 2 aromatic rings. The SMILES string of the molecule is CC1C(C(=O)NO)N(S(=O)(=O)c2ccc(OCc3ccc(F)cc3)cc2)CCN1C(=O)O. The van der Waals surface area contributed by atoms with Crippen molar-refractivity contribution in [1.82, 2.24) is 14.7 Å². The minimum absolute atomic E-state index is 0.127. The highest BCUT2D eigenvalue weighted by Gasteiger charge is 2.46. The smallest absolute Gasteiger partial charge is 0.407 e. The molecule has 0 saturated carbocycles. The monoisotopic (exact) mass is 467 g/mol. The second-order valence-corrected chi connectivity index (χ2v) is 9.03. The molecule has 10 nitrogen and oxygen atoms in total. The largest absolute Gasteiger partial charge is 0.489 e. The number of carboxylic acid groups (broad SMARTS) is 1. The molecule has 12 heteroatoms. The minimum atomic E-state index is -4.19. The molecule has 172 valence electrons. The second-order valence-electron chi connectivity index (χ2n) is 7.14. The van der Waals surface area contributed by atoms with E-state index < -0.39 is 34.1 Å². The van der Waals surface area contributed by atoms with Gasteiger partial charge in [-0.3, -0.25) is 10.0 Å². The van der Waals surface area contributed by atoms with Gasteiger partial charge >= 0.3 is 6.09 Å². The Balaban J connectivity index is 1.79. The average molecular weight is 467 g/mol. The van der Waals surface area contributed by atoms with Gasteiger partial charge in [0, 0.05) is 13.1 Å². The summed E-state index contributed by atoms with van der Waals surface area (Å²) in [5, 5.41) is 18.4. The zero-order chi connectivity index (χ0) is 23.5. The molecule has 2 aromatic carbocycles. The van der Waals surface area contributed by atoms with Crippen molar-refractivity contribution < 1.29 is 37.4 Å². The van der Waals surface area contributed by atoms with Crippen LogP contribution in [0.5, 0.6) is 5.75 Å². The van der Waals surface area contributed by atoms with Crippen LogP contribution in [0.1, 0.15) is 12.5 Å². The highest BCUT2D eigenvalue weighted by Crippen LogP contribution is 2.27. The van der Waals surface area contributed by atoms with E-state index in [4.69, 9.17) is 9.94 Å². The van der Waals surface area contributed by atoms with E-state index in [9.17, 15) is 27.5 Å². The van der Waals surface area contributed by atoms with Gasteiger partial charge in [-0.15, -0.1) is 0 Å². The van der Waals surface area contributed by atoms with Gasteiger partial charge in [0.05, 0.1) is 10.9 Å². The first-order valence-corrected chi connectivity index (χ1v) is 11.0. The number of nitrogens with one attached hydrogen (secondary N) is 1. The number of piperazine rings is 1. The first kappa shape index (κ1) is 23.4. The number of sulfonamides is 1. The summed E-state index contributed by atoms with van der Waals surface area (Å²) in [4.78, 5) is 24.4. The van der Waals surface area contributed by atoms with Crippen LogP contribution in [0.2, 0.25) is 0 Å². The van der Waals surface area contributed by atoms with Crippen LogP contribution in [0.25, 0.3) is 0 Å². The molecule has 0 aromatic heterocycles. The Morgan fingerprint density at radius 1 is 1.12 bits per heavy atom. The number of hydrogen-bond acceptors (Lipinski definition) is 6. The van der Waals surface area contributed by atoms with Crippen molar-refractivity contribution in [3.05, 3.63) is 59.9 Å². The molecule has 0 spiro atoms. The van der Waals surface area contributed by atoms with E-state index in [1.54, 1.807) is 12.1 Å². The quantitative estimate of drug-likeness (QED) is 0.434. The maximum Gasteiger partial charge on any atom is 0.407 e. The van der Waals surface area contributed by atoms with Crippen LogP contribution in [0, 0.1) is 5.82 Å². The van der Waals surface area contributed by atoms with Crippen molar-refractivity contribution in [1.29, 1.82) is 0 Å². The van der Waals surface area contributed by atoms with E-state index in [2.05, 4.69) is 0 Å². The summed E-state index contributed by atoms with van der Waals surface area (Å²) in [5.74, 6) is -1.02. The van der Waals surface area contributed by atoms with Crippen LogP contribution >= 0.6 is 0 Å². The number of halogens is 1. The standard InChI is InChI=1S/C20H22FN3O7S/c1-13-18(19(25)22-28)24(11-10-23(13)20(26)27)32(29,30)17-8-6-16(7-9-17)31-12-14-2-4-15(21)5-3-14/h2-9,13,18,28H,10-12H2,1H3,(H,22,25)(H,26,27). The third kappa shape index (κ3) is 4.82. The first-order chi connectivity index (χ1) is 15.1. The summed E-state index contributed by atoms with van der Waals surface area (Å²) in [7, 11) is -4.19. The predicted molar refractivity (Wildman–Crippen MR) is 109 cm³/mol. The topological polar surface area (TPSA) is 136 Å². The molecule has 0 bridgehead atoms. The Kier molecular flexibility index (Phi) is 6.96. The number of amides is 2. The molecule has 0 aliphatic carbocycles. The minimum Gasteiger partial charge on any atom is -0.489 e. The zero-order valence-corrected chi connectivity index (χ0v) is 17.8. The fourth-order valence-electron chi connectivity index (χ4n) is 3.51. The van der Waals surface area contributed by atoms with Crippen LogP contribution in [0.4, 0.5) is 9.18 Å². The molecule has 1 saturated heterocycles. The van der Waals surface area contributed by atoms with Crippen molar-refractivity contribution in [2.24, 2.45) is 0 Å². The highest BCUT2D eigenvalue weighted by molar-refractivity contribution is 7.89. The van der Waals surface area contributed by atoms with E-state index >= 15 is 0 Å². The van der Waals surface area contributed by atoms with Gasteiger partial charge in [0.2, 0.25) is 10.0 Å². The van der Waals surface area contributed by atoms with Crippen molar-refractivity contribution in [2.45, 2.75) is 30.5 Å². The maximum absolute atomic E-state index is 13.2. The van der Waals surface area contributed by atoms with E-state index in [1.165, 1.54) is 48.8 Å². The molecular weight excluding hydrogens is 445 g/mol. The van der Waals surface area contributed by atoms with Crippen LogP contribution in [-0.4, -0.2) is 65.1 Å². The summed E-state index contributed by atoms with van der Waals surface area (Å²) in [6.07, 6.45) is -1.30. The molecule has 3 N–H and O–H groups in total. The van der Waals surface area contributed by atoms with Gasteiger partial charge in [0.25, 0.3) is 5.91 Å². The van der Waals surface area contributed by atoms with Crippen molar-refractivity contribution in [2.75, 3.05) is 13.1 Å². The van der Waals surface area contributed by atoms with E-state index in [0.717, 1.165) is 14.8 Å². The Hall–Kier alpha value is -3.22. The van der Waals surface area contributed by atoms with Gasteiger partial charge in [-0.2, -0.15) is 4.31 Å². The number of carbonyl (C=O) groups excluding carboxylic acids is 1. The fourth-order valence-corrected chi connectivity index (χ4v) is 5.15. The Morgan fingerprint density at radius 3 is 2.31 bits per heavy atom. The molecule has 3 rings (SSSR count). The summed E-state index contributed by atoms with van der Waals surface area (Å²) in [6, 6.07) is 8.75. The van der Waals surface area contributed by atoms with Crippen molar-refractivity contribution in [3.63, 3.8) is 0 Å². The van der Waals surface area contributed by atoms with Gasteiger partial charge in [0.15, 0.2) is 0 Å². The van der Waals surface area contributed by atoms with Gasteiger partial charge in [-0.05, 0) is 48.9 Å². The summed E-state index contributed by atoms with van der Waals surface area (Å²) < 4.78 is 45.8. The van der Waals surface area contributed by atoms with Gasteiger partial charge < -0.3 is 14.7 Å². The number of benzene rings is 2. The molecular formula is C20H22FN3O7S. The normalized spacial score (nSPS) is 19.4. The van der Waals surface area contributed by atoms with E-state index in [0.29, 0.717) is 5.75 Å². The molecule has 0 radical (unpaired) electrons. The van der Waals surface area contributed by atoms with E-state index in [1.807, 2.05) is 0 Å². The maximum atomic E-state index is 13.2. The third-order valence-corrected chi connectivity index (χ3v) is 7.09. The second kappa shape index (κ2) is 9.51. The third-order valence-electron chi connectivity index (χ3n) is 5.19. The number of ether oxygens (including phenoxy) is 1. The molecule has 1 heterocycles. The van der Waals surface area contributed by atoms with Crippen molar-refractivity contribution >= 4 is 22.0 Å². The first-order valence-electron chi connectivity index (χ1n) is 9.58. The zero-order valence-electron chi connectivity index (χ0n) is 17.0. The van der Waals surface area contributed by atoms with Gasteiger partial charge in [-0.25, -0.2) is 23.1 Å². The Bertz CT molecular complexity index is 1080. The molecule has 32 heavy (non-hydrogen) atoms. The summed E-state index contributed by atoms with van der Waals surface area (Å²) in [6.45, 7) is 1.14. The lowest BCUT2D eigenvalue weighted by Crippen LogP contribution is -2.65. The van der Waals surface area contributed by atoms with E-state index in [-0.39, 0.29) is 30.4 Å². The highest BCUT2D eigenvalue weighted by atomic mass is 32.2. The average Bonchev–Trinajstić information content (AvgIpc) is 2.78. The van der Waals surface area contributed by atoms with Gasteiger partial charge in [-0.1, -0.05) is 12.1 Å². The molecule has 2 unspecified atom stereocenters. The van der Waals surface area contributed by atoms with Gasteiger partial charge in [0.1, 0.15) is 24.2 Å². The Labute approximate surface area is 183 Å². The molecule has 1 fully saturated rings. The number of hydrogen-bond donors (Lipinski definition) is 3. The molecule has 1 aliphatic rings. The van der Waals surface area contributed by atoms with Crippen LogP contribution in [-0.2, 0) is 21.4 Å². The lowest BCUT2D eigenvalue weighted by Gasteiger charge is -2.42. The number of rotatable bonds is 6.